The third-order valence-electron chi connectivity index (χ3n) is 2.19. The monoisotopic (exact) mass is 295 g/mol. The number of methoxy groups -OCH3 is 1. The first-order valence-electron chi connectivity index (χ1n) is 4.92. The van der Waals surface area contributed by atoms with Crippen LogP contribution in [0.4, 0.5) is 0 Å². The number of halogens is 1. The van der Waals surface area contributed by atoms with Crippen LogP contribution in [0.25, 0.3) is 0 Å². The van der Waals surface area contributed by atoms with Crippen LogP contribution in [0.2, 0.25) is 0 Å². The maximum Gasteiger partial charge on any atom is 0.360 e. The zero-order valence-corrected chi connectivity index (χ0v) is 10.7. The predicted octanol–water partition coefficient (Wildman–Crippen LogP) is 1.88. The summed E-state index contributed by atoms with van der Waals surface area (Å²) >= 11 is 3.37. The standard InChI is InChI=1S/C11H10BrN3O2/c1-17-11(16)10-7-15(14-13-10)6-8-2-4-9(12)5-3-8/h2-5,7H,6H2,1H3. The average Bonchev–Trinajstić information content (AvgIpc) is 2.80. The summed E-state index contributed by atoms with van der Waals surface area (Å²) in [4.78, 5) is 11.2. The average molecular weight is 296 g/mol. The molecule has 0 aliphatic rings. The normalized spacial score (nSPS) is 10.2. The van der Waals surface area contributed by atoms with Crippen molar-refractivity contribution in [2.24, 2.45) is 0 Å². The number of rotatable bonds is 3. The molecule has 0 N–H and O–H groups in total. The second-order valence-electron chi connectivity index (χ2n) is 3.42. The van der Waals surface area contributed by atoms with Gasteiger partial charge < -0.3 is 4.74 Å². The molecule has 0 bridgehead atoms. The predicted molar refractivity (Wildman–Crippen MR) is 64.6 cm³/mol. The van der Waals surface area contributed by atoms with Gasteiger partial charge in [-0.1, -0.05) is 33.3 Å². The number of aromatic nitrogens is 3. The fourth-order valence-corrected chi connectivity index (χ4v) is 1.61. The van der Waals surface area contributed by atoms with E-state index in [9.17, 15) is 4.79 Å². The summed E-state index contributed by atoms with van der Waals surface area (Å²) in [6.07, 6.45) is 1.56. The Morgan fingerprint density at radius 2 is 2.12 bits per heavy atom. The van der Waals surface area contributed by atoms with Gasteiger partial charge in [0.1, 0.15) is 0 Å². The summed E-state index contributed by atoms with van der Waals surface area (Å²) in [5, 5.41) is 7.59. The quantitative estimate of drug-likeness (QED) is 0.811. The summed E-state index contributed by atoms with van der Waals surface area (Å²) in [6, 6.07) is 7.86. The lowest BCUT2D eigenvalue weighted by Crippen LogP contribution is -2.01. The van der Waals surface area contributed by atoms with Gasteiger partial charge in [0.15, 0.2) is 5.69 Å². The number of hydrogen-bond acceptors (Lipinski definition) is 4. The number of carbonyl (C=O) groups excluding carboxylic acids is 1. The van der Waals surface area contributed by atoms with E-state index in [0.717, 1.165) is 10.0 Å². The van der Waals surface area contributed by atoms with Gasteiger partial charge in [0.25, 0.3) is 0 Å². The minimum absolute atomic E-state index is 0.213. The largest absolute Gasteiger partial charge is 0.464 e. The fourth-order valence-electron chi connectivity index (χ4n) is 1.35. The van der Waals surface area contributed by atoms with Crippen LogP contribution >= 0.6 is 15.9 Å². The van der Waals surface area contributed by atoms with Gasteiger partial charge in [-0.2, -0.15) is 0 Å². The molecule has 0 fully saturated rings. The minimum Gasteiger partial charge on any atom is -0.464 e. The molecule has 0 aliphatic carbocycles. The molecule has 0 saturated heterocycles. The lowest BCUT2D eigenvalue weighted by atomic mass is 10.2. The zero-order valence-electron chi connectivity index (χ0n) is 9.13. The van der Waals surface area contributed by atoms with Gasteiger partial charge in [-0.05, 0) is 17.7 Å². The van der Waals surface area contributed by atoms with Crippen LogP contribution < -0.4 is 0 Å². The van der Waals surface area contributed by atoms with Crippen LogP contribution in [-0.4, -0.2) is 28.1 Å². The van der Waals surface area contributed by atoms with E-state index >= 15 is 0 Å². The van der Waals surface area contributed by atoms with Crippen LogP contribution in [0, 0.1) is 0 Å². The van der Waals surface area contributed by atoms with E-state index in [1.54, 1.807) is 10.9 Å². The van der Waals surface area contributed by atoms with Crippen molar-refractivity contribution in [1.29, 1.82) is 0 Å². The molecular weight excluding hydrogens is 286 g/mol. The smallest absolute Gasteiger partial charge is 0.360 e. The van der Waals surface area contributed by atoms with Crippen molar-refractivity contribution in [2.45, 2.75) is 6.54 Å². The third kappa shape index (κ3) is 2.91. The van der Waals surface area contributed by atoms with E-state index in [1.165, 1.54) is 7.11 Å². The van der Waals surface area contributed by atoms with Crippen LogP contribution in [0.15, 0.2) is 34.9 Å². The van der Waals surface area contributed by atoms with Crippen molar-refractivity contribution in [2.75, 3.05) is 7.11 Å². The van der Waals surface area contributed by atoms with Gasteiger partial charge >= 0.3 is 5.97 Å². The highest BCUT2D eigenvalue weighted by atomic mass is 79.9. The van der Waals surface area contributed by atoms with Crippen molar-refractivity contribution in [3.05, 3.63) is 46.2 Å². The summed E-state index contributed by atoms with van der Waals surface area (Å²) in [7, 11) is 1.32. The van der Waals surface area contributed by atoms with Crippen molar-refractivity contribution in [1.82, 2.24) is 15.0 Å². The lowest BCUT2D eigenvalue weighted by Gasteiger charge is -2.00. The molecule has 5 nitrogen and oxygen atoms in total. The Labute approximate surface area is 107 Å². The molecule has 17 heavy (non-hydrogen) atoms. The highest BCUT2D eigenvalue weighted by Gasteiger charge is 2.10. The number of ether oxygens (including phenoxy) is 1. The van der Waals surface area contributed by atoms with Gasteiger partial charge in [0.2, 0.25) is 0 Å². The van der Waals surface area contributed by atoms with Crippen LogP contribution in [0.1, 0.15) is 16.1 Å². The third-order valence-corrected chi connectivity index (χ3v) is 2.72. The molecule has 0 spiro atoms. The summed E-state index contributed by atoms with van der Waals surface area (Å²) < 4.78 is 7.17. The molecular formula is C11H10BrN3O2. The second-order valence-corrected chi connectivity index (χ2v) is 4.34. The number of carbonyl (C=O) groups is 1. The maximum atomic E-state index is 11.2. The Balaban J connectivity index is 2.11. The molecule has 88 valence electrons. The molecule has 0 radical (unpaired) electrons. The number of nitrogens with zero attached hydrogens (tertiary/aromatic N) is 3. The van der Waals surface area contributed by atoms with Crippen molar-refractivity contribution in [3.63, 3.8) is 0 Å². The Morgan fingerprint density at radius 1 is 1.41 bits per heavy atom. The lowest BCUT2D eigenvalue weighted by molar-refractivity contribution is 0.0594. The highest BCUT2D eigenvalue weighted by molar-refractivity contribution is 9.10. The van der Waals surface area contributed by atoms with Gasteiger partial charge in [-0.15, -0.1) is 5.10 Å². The highest BCUT2D eigenvalue weighted by Crippen LogP contribution is 2.11. The second kappa shape index (κ2) is 5.09. The fraction of sp³-hybridized carbons (Fsp3) is 0.182. The first-order valence-corrected chi connectivity index (χ1v) is 5.71. The molecule has 0 unspecified atom stereocenters. The van der Waals surface area contributed by atoms with E-state index in [-0.39, 0.29) is 5.69 Å². The Hall–Kier alpha value is -1.69. The molecule has 2 aromatic rings. The van der Waals surface area contributed by atoms with Gasteiger partial charge in [0, 0.05) is 4.47 Å². The molecule has 6 heteroatoms. The zero-order chi connectivity index (χ0) is 12.3. The first kappa shape index (κ1) is 11.8. The summed E-state index contributed by atoms with van der Waals surface area (Å²) in [6.45, 7) is 0.567. The van der Waals surface area contributed by atoms with E-state index in [0.29, 0.717) is 6.54 Å². The molecule has 1 heterocycles. The van der Waals surface area contributed by atoms with E-state index in [2.05, 4.69) is 31.0 Å². The summed E-state index contributed by atoms with van der Waals surface area (Å²) in [5.74, 6) is -0.480. The minimum atomic E-state index is -0.480. The topological polar surface area (TPSA) is 57.0 Å². The molecule has 0 atom stereocenters. The molecule has 2 rings (SSSR count). The number of benzene rings is 1. The molecule has 1 aromatic heterocycles. The molecule has 1 aromatic carbocycles. The van der Waals surface area contributed by atoms with Crippen molar-refractivity contribution >= 4 is 21.9 Å². The number of hydrogen-bond donors (Lipinski definition) is 0. The Bertz CT molecular complexity index is 522. The van der Waals surface area contributed by atoms with Crippen LogP contribution in [0.3, 0.4) is 0 Å². The first-order chi connectivity index (χ1) is 8.19. The molecule has 0 amide bonds. The van der Waals surface area contributed by atoms with E-state index < -0.39 is 5.97 Å². The van der Waals surface area contributed by atoms with E-state index in [4.69, 9.17) is 0 Å². The van der Waals surface area contributed by atoms with Gasteiger partial charge in [-0.25, -0.2) is 9.48 Å². The van der Waals surface area contributed by atoms with Crippen molar-refractivity contribution in [3.8, 4) is 0 Å². The van der Waals surface area contributed by atoms with Crippen LogP contribution in [-0.2, 0) is 11.3 Å². The van der Waals surface area contributed by atoms with Crippen molar-refractivity contribution < 1.29 is 9.53 Å². The Kier molecular flexibility index (Phi) is 3.53. The summed E-state index contributed by atoms with van der Waals surface area (Å²) in [5.41, 5.74) is 1.29. The molecule has 0 aliphatic heterocycles. The number of esters is 1. The Morgan fingerprint density at radius 3 is 2.76 bits per heavy atom. The van der Waals surface area contributed by atoms with Gasteiger partial charge in [-0.3, -0.25) is 0 Å². The van der Waals surface area contributed by atoms with E-state index in [1.807, 2.05) is 24.3 Å². The maximum absolute atomic E-state index is 11.2. The van der Waals surface area contributed by atoms with Crippen LogP contribution in [0.5, 0.6) is 0 Å². The SMILES string of the molecule is COC(=O)c1cn(Cc2ccc(Br)cc2)nn1. The van der Waals surface area contributed by atoms with Gasteiger partial charge in [0.05, 0.1) is 19.9 Å². The molecule has 0 saturated carbocycles.